The highest BCUT2D eigenvalue weighted by atomic mass is 16.1. The Kier molecular flexibility index (Phi) is 184. The molecule has 1 nitrogen and oxygen atoms in total. The van der Waals surface area contributed by atoms with Crippen LogP contribution >= 0.6 is 0 Å². The van der Waals surface area contributed by atoms with Crippen LogP contribution in [0.1, 0.15) is 409 Å². The van der Waals surface area contributed by atoms with Crippen LogP contribution in [-0.2, 0) is 4.79 Å². The quantitative estimate of drug-likeness (QED) is 0.0656. The first-order valence-corrected chi connectivity index (χ1v) is 30.3. The van der Waals surface area contributed by atoms with E-state index in [0.717, 1.165) is 0 Å². The van der Waals surface area contributed by atoms with E-state index >= 15 is 0 Å². The molecular weight excluding hydrogens is 773 g/mol. The summed E-state index contributed by atoms with van der Waals surface area (Å²) < 4.78 is 0. The van der Waals surface area contributed by atoms with Gasteiger partial charge >= 0.3 is 0 Å². The summed E-state index contributed by atoms with van der Waals surface area (Å²) in [6.07, 6.45) is 55.4. The van der Waals surface area contributed by atoms with Gasteiger partial charge in [-0.15, -0.1) is 0 Å². The largest absolute Gasteiger partial charge is 0.300 e. The van der Waals surface area contributed by atoms with Crippen molar-refractivity contribution in [3.05, 3.63) is 0 Å². The van der Waals surface area contributed by atoms with E-state index in [0.29, 0.717) is 0 Å². The number of Topliss-reactive ketones (excluding diaryl/α,β-unsaturated/α-hetero) is 1. The highest BCUT2D eigenvalue weighted by molar-refractivity contribution is 5.72. The molecule has 0 aromatic rings. The minimum atomic E-state index is 0.167. The number of hydrogen-bond donors (Lipinski definition) is 0. The molecule has 0 spiro atoms. The molecule has 0 heterocycles. The smallest absolute Gasteiger partial charge is 0.126 e. The number of unbranched alkanes of at least 4 members (excludes halogenated alkanes) is 30. The van der Waals surface area contributed by atoms with E-state index in [4.69, 9.17) is 0 Å². The second-order valence-electron chi connectivity index (χ2n) is 18.0. The Balaban J connectivity index is -0.0000000537. The number of carbonyl (C=O) groups excluding carboxylic acids is 1. The van der Waals surface area contributed by atoms with Crippen LogP contribution in [0.4, 0.5) is 0 Å². The molecule has 0 N–H and O–H groups in total. The maximum Gasteiger partial charge on any atom is 0.126 e. The van der Waals surface area contributed by atoms with Gasteiger partial charge in [-0.05, 0) is 13.8 Å². The zero-order valence-electron chi connectivity index (χ0n) is 51.2. The van der Waals surface area contributed by atoms with E-state index in [1.807, 2.05) is 0 Å². The molecule has 0 saturated carbocycles. The van der Waals surface area contributed by atoms with Gasteiger partial charge in [0.05, 0.1) is 0 Å². The normalized spacial score (nSPS) is 8.84. The van der Waals surface area contributed by atoms with Gasteiger partial charge in [0, 0.05) is 0 Å². The molecule has 0 aliphatic carbocycles. The highest BCUT2D eigenvalue weighted by Gasteiger charge is 1.80. The van der Waals surface area contributed by atoms with Gasteiger partial charge in [-0.1, -0.05) is 395 Å². The monoisotopic (exact) mass is 919 g/mol. The summed E-state index contributed by atoms with van der Waals surface area (Å²) in [4.78, 5) is 9.44. The van der Waals surface area contributed by atoms with E-state index < -0.39 is 0 Å². The van der Waals surface area contributed by atoms with Crippen molar-refractivity contribution < 1.29 is 4.79 Å². The van der Waals surface area contributed by atoms with Crippen molar-refractivity contribution in [1.82, 2.24) is 0 Å². The third-order valence-corrected chi connectivity index (χ3v) is 9.57. The Morgan fingerprint density at radius 1 is 0.156 bits per heavy atom. The summed E-state index contributed by atoms with van der Waals surface area (Å²) >= 11 is 0. The zero-order valence-corrected chi connectivity index (χ0v) is 51.2. The van der Waals surface area contributed by atoms with Crippen molar-refractivity contribution in [3.8, 4) is 0 Å². The van der Waals surface area contributed by atoms with Gasteiger partial charge in [-0.25, -0.2) is 0 Å². The molecule has 0 aliphatic rings. The maximum absolute atomic E-state index is 9.44. The van der Waals surface area contributed by atoms with Crippen LogP contribution in [0, 0.1) is 0 Å². The Morgan fingerprint density at radius 3 is 0.203 bits per heavy atom. The number of carbonyl (C=O) groups is 1. The number of ketones is 1. The Labute approximate surface area is 418 Å². The first kappa shape index (κ1) is 90.1. The van der Waals surface area contributed by atoms with E-state index in [2.05, 4.69) is 138 Å². The predicted molar refractivity (Wildman–Crippen MR) is 315 cm³/mol. The third-order valence-electron chi connectivity index (χ3n) is 9.57. The van der Waals surface area contributed by atoms with E-state index in [-0.39, 0.29) is 5.78 Å². The summed E-state index contributed by atoms with van der Waals surface area (Å²) in [7, 11) is 0. The molecule has 1 heteroatoms. The molecule has 0 radical (unpaired) electrons. The van der Waals surface area contributed by atoms with Crippen LogP contribution in [-0.4, -0.2) is 5.78 Å². The van der Waals surface area contributed by atoms with Gasteiger partial charge in [0.2, 0.25) is 0 Å². The lowest BCUT2D eigenvalue weighted by Crippen LogP contribution is -1.69. The molecule has 0 rings (SSSR count). The van der Waals surface area contributed by atoms with Crippen molar-refractivity contribution in [2.75, 3.05) is 0 Å². The predicted octanol–water partition coefficient (Wildman–Crippen LogP) is 26.5. The fraction of sp³-hybridized carbons (Fsp3) is 0.984. The Bertz CT molecular complexity index is 335. The highest BCUT2D eigenvalue weighted by Crippen LogP contribution is 2.00. The molecule has 404 valence electrons. The first-order chi connectivity index (χ1) is 30.9. The Morgan fingerprint density at radius 2 is 0.188 bits per heavy atom. The number of rotatable bonds is 30. The molecule has 0 saturated heterocycles. The SMILES string of the molecule is CC(C)=O.CCCCCC.CCCCCC.CCCCCC.CCCCCC.CCCCCC.CCCCCC.CCCCCC.CCCCCC.CCCCCC.CCCCCC. The lowest BCUT2D eigenvalue weighted by Gasteiger charge is -1.86. The van der Waals surface area contributed by atoms with Crippen molar-refractivity contribution in [3.63, 3.8) is 0 Å². The van der Waals surface area contributed by atoms with Crippen LogP contribution in [0.25, 0.3) is 0 Å². The van der Waals surface area contributed by atoms with Gasteiger partial charge in [0.1, 0.15) is 5.78 Å². The van der Waals surface area contributed by atoms with Gasteiger partial charge < -0.3 is 4.79 Å². The summed E-state index contributed by atoms with van der Waals surface area (Å²) in [6, 6.07) is 0. The second-order valence-corrected chi connectivity index (χ2v) is 18.0. The average Bonchev–Trinajstić information content (AvgIpc) is 3.31. The summed E-state index contributed by atoms with van der Waals surface area (Å²) in [5.74, 6) is 0.167. The second kappa shape index (κ2) is 131. The molecule has 0 fully saturated rings. The molecule has 0 unspecified atom stereocenters. The van der Waals surface area contributed by atoms with Gasteiger partial charge in [-0.3, -0.25) is 0 Å². The fourth-order valence-corrected chi connectivity index (χ4v) is 5.00. The van der Waals surface area contributed by atoms with Gasteiger partial charge in [-0.2, -0.15) is 0 Å². The van der Waals surface area contributed by atoms with Crippen LogP contribution < -0.4 is 0 Å². The fourth-order valence-electron chi connectivity index (χ4n) is 5.00. The molecular formula is C63H146O. The average molecular weight is 920 g/mol. The topological polar surface area (TPSA) is 17.1 Å². The lowest BCUT2D eigenvalue weighted by molar-refractivity contribution is -0.115. The lowest BCUT2D eigenvalue weighted by atomic mass is 10.2. The van der Waals surface area contributed by atoms with Crippen LogP contribution in [0.3, 0.4) is 0 Å². The molecule has 0 aliphatic heterocycles. The molecule has 0 atom stereocenters. The van der Waals surface area contributed by atoms with Crippen LogP contribution in [0.2, 0.25) is 0 Å². The van der Waals surface area contributed by atoms with Crippen molar-refractivity contribution in [1.29, 1.82) is 0 Å². The van der Waals surface area contributed by atoms with Crippen LogP contribution in [0.15, 0.2) is 0 Å². The first-order valence-electron chi connectivity index (χ1n) is 30.3. The molecule has 0 aromatic carbocycles. The standard InChI is InChI=1S/10C6H14.C3H6O/c10*1-3-5-6-4-2;1-3(2)4/h10*3-6H2,1-2H3;1-2H3. The molecule has 0 aromatic heterocycles. The minimum absolute atomic E-state index is 0.167. The summed E-state index contributed by atoms with van der Waals surface area (Å²) in [6.45, 7) is 47.7. The van der Waals surface area contributed by atoms with Gasteiger partial charge in [0.15, 0.2) is 0 Å². The van der Waals surface area contributed by atoms with E-state index in [1.165, 1.54) is 271 Å². The molecule has 64 heavy (non-hydrogen) atoms. The van der Waals surface area contributed by atoms with Crippen LogP contribution in [0.5, 0.6) is 0 Å². The van der Waals surface area contributed by atoms with E-state index in [1.54, 1.807) is 0 Å². The van der Waals surface area contributed by atoms with Crippen molar-refractivity contribution in [2.45, 2.75) is 409 Å². The maximum atomic E-state index is 9.44. The van der Waals surface area contributed by atoms with E-state index in [9.17, 15) is 4.79 Å². The minimum Gasteiger partial charge on any atom is -0.300 e. The number of hydrogen-bond acceptors (Lipinski definition) is 1. The summed E-state index contributed by atoms with van der Waals surface area (Å²) in [5, 5.41) is 0. The van der Waals surface area contributed by atoms with Crippen molar-refractivity contribution in [2.24, 2.45) is 0 Å². The molecule has 0 bridgehead atoms. The zero-order chi connectivity index (χ0) is 51.9. The Hall–Kier alpha value is -0.330. The third kappa shape index (κ3) is 258. The summed E-state index contributed by atoms with van der Waals surface area (Å²) in [5.41, 5.74) is 0. The van der Waals surface area contributed by atoms with Crippen molar-refractivity contribution >= 4 is 5.78 Å². The molecule has 0 amide bonds. The van der Waals surface area contributed by atoms with Gasteiger partial charge in [0.25, 0.3) is 0 Å².